The molecule has 0 unspecified atom stereocenters. The summed E-state index contributed by atoms with van der Waals surface area (Å²) in [5.41, 5.74) is 8.56. The van der Waals surface area contributed by atoms with Gasteiger partial charge in [0.25, 0.3) is 0 Å². The molecular formula is C19H21F3N4S. The van der Waals surface area contributed by atoms with Gasteiger partial charge in [0, 0.05) is 30.6 Å². The predicted molar refractivity (Wildman–Crippen MR) is 103 cm³/mol. The van der Waals surface area contributed by atoms with Crippen LogP contribution in [-0.2, 0) is 19.6 Å². The molecule has 1 aromatic carbocycles. The van der Waals surface area contributed by atoms with Crippen molar-refractivity contribution in [3.8, 4) is 11.3 Å². The fourth-order valence-electron chi connectivity index (χ4n) is 3.13. The maximum atomic E-state index is 13.2. The molecule has 3 rings (SSSR count). The number of nitrogens with two attached hydrogens (primary N) is 1. The van der Waals surface area contributed by atoms with Gasteiger partial charge in [-0.05, 0) is 36.6 Å². The summed E-state index contributed by atoms with van der Waals surface area (Å²) in [7, 11) is 1.88. The molecule has 0 spiro atoms. The van der Waals surface area contributed by atoms with Crippen LogP contribution in [0.15, 0.2) is 41.9 Å². The molecule has 144 valence electrons. The highest BCUT2D eigenvalue weighted by Gasteiger charge is 2.33. The van der Waals surface area contributed by atoms with Gasteiger partial charge < -0.3 is 11.1 Å². The summed E-state index contributed by atoms with van der Waals surface area (Å²) < 4.78 is 41.4. The van der Waals surface area contributed by atoms with Gasteiger partial charge in [-0.2, -0.15) is 18.3 Å². The van der Waals surface area contributed by atoms with Gasteiger partial charge >= 0.3 is 6.18 Å². The Labute approximate surface area is 159 Å². The summed E-state index contributed by atoms with van der Waals surface area (Å²) >= 11 is 1.50. The van der Waals surface area contributed by atoms with E-state index >= 15 is 0 Å². The first kappa shape index (κ1) is 19.4. The van der Waals surface area contributed by atoms with Crippen molar-refractivity contribution < 1.29 is 13.2 Å². The van der Waals surface area contributed by atoms with Crippen LogP contribution in [0.5, 0.6) is 0 Å². The fraction of sp³-hybridized carbons (Fsp3) is 0.316. The second-order valence-corrected chi connectivity index (χ2v) is 7.35. The minimum atomic E-state index is -4.37. The smallest absolute Gasteiger partial charge is 0.373 e. The Morgan fingerprint density at radius 2 is 2.04 bits per heavy atom. The summed E-state index contributed by atoms with van der Waals surface area (Å²) in [5.74, 6) is 0. The molecule has 1 atom stereocenters. The van der Waals surface area contributed by atoms with E-state index in [-0.39, 0.29) is 24.6 Å². The second kappa shape index (κ2) is 7.74. The normalized spacial score (nSPS) is 13.0. The van der Waals surface area contributed by atoms with Crippen molar-refractivity contribution in [3.63, 3.8) is 0 Å². The van der Waals surface area contributed by atoms with E-state index in [1.807, 2.05) is 25.4 Å². The first-order valence-corrected chi connectivity index (χ1v) is 9.36. The molecule has 0 saturated heterocycles. The minimum Gasteiger partial charge on any atom is -0.373 e. The molecule has 0 bridgehead atoms. The summed E-state index contributed by atoms with van der Waals surface area (Å²) in [5, 5.41) is 10.4. The van der Waals surface area contributed by atoms with Gasteiger partial charge in [0.2, 0.25) is 0 Å². The number of anilines is 1. The summed E-state index contributed by atoms with van der Waals surface area (Å²) in [6, 6.07) is 7.31. The van der Waals surface area contributed by atoms with Crippen molar-refractivity contribution in [1.82, 2.24) is 9.78 Å². The average molecular weight is 394 g/mol. The van der Waals surface area contributed by atoms with Crippen LogP contribution in [0, 0.1) is 6.92 Å². The molecular weight excluding hydrogens is 373 g/mol. The number of rotatable bonds is 6. The Morgan fingerprint density at radius 1 is 1.30 bits per heavy atom. The zero-order chi connectivity index (χ0) is 19.6. The Balaban J connectivity index is 1.78. The van der Waals surface area contributed by atoms with E-state index in [0.29, 0.717) is 0 Å². The van der Waals surface area contributed by atoms with E-state index < -0.39 is 11.7 Å². The van der Waals surface area contributed by atoms with Crippen LogP contribution in [0.1, 0.15) is 16.7 Å². The third-order valence-electron chi connectivity index (χ3n) is 4.41. The second-order valence-electron chi connectivity index (χ2n) is 6.44. The Kier molecular flexibility index (Phi) is 5.57. The maximum absolute atomic E-state index is 13.2. The third-order valence-corrected chi connectivity index (χ3v) is 5.28. The van der Waals surface area contributed by atoms with Crippen LogP contribution >= 0.6 is 11.3 Å². The number of alkyl halides is 3. The van der Waals surface area contributed by atoms with Gasteiger partial charge in [-0.25, -0.2) is 0 Å². The molecule has 0 fully saturated rings. The van der Waals surface area contributed by atoms with Crippen LogP contribution in [0.4, 0.5) is 18.2 Å². The Morgan fingerprint density at radius 3 is 2.67 bits per heavy atom. The zero-order valence-corrected chi connectivity index (χ0v) is 15.9. The molecule has 4 nitrogen and oxygen atoms in total. The minimum absolute atomic E-state index is 0.199. The van der Waals surface area contributed by atoms with Crippen molar-refractivity contribution in [2.45, 2.75) is 25.6 Å². The average Bonchev–Trinajstić information content (AvgIpc) is 3.20. The fourth-order valence-corrected chi connectivity index (χ4v) is 4.00. The first-order valence-electron chi connectivity index (χ1n) is 8.48. The molecule has 2 heterocycles. The standard InChI is InChI=1S/C19H21F3N4S/c1-12-10-24-26(2)18(12)14-8-17(27-11-14)25-15(9-23)7-13-5-3-4-6-16(13)19(20,21)22/h3-6,8,10-11,15,25H,7,9,23H2,1-2H3/t15-/m0/s1. The van der Waals surface area contributed by atoms with Crippen molar-refractivity contribution in [2.24, 2.45) is 12.8 Å². The van der Waals surface area contributed by atoms with Crippen molar-refractivity contribution in [1.29, 1.82) is 0 Å². The number of thiophene rings is 1. The number of benzene rings is 1. The van der Waals surface area contributed by atoms with Crippen LogP contribution in [-0.4, -0.2) is 22.4 Å². The lowest BCUT2D eigenvalue weighted by atomic mass is 10.00. The summed E-state index contributed by atoms with van der Waals surface area (Å²) in [6.45, 7) is 2.22. The van der Waals surface area contributed by atoms with Crippen LogP contribution in [0.2, 0.25) is 0 Å². The number of halogens is 3. The molecule has 2 aromatic heterocycles. The number of aromatic nitrogens is 2. The van der Waals surface area contributed by atoms with Gasteiger partial charge in [0.1, 0.15) is 0 Å². The zero-order valence-electron chi connectivity index (χ0n) is 15.0. The van der Waals surface area contributed by atoms with E-state index in [1.165, 1.54) is 23.5 Å². The number of aryl methyl sites for hydroxylation is 2. The lowest BCUT2D eigenvalue weighted by Crippen LogP contribution is -2.31. The quantitative estimate of drug-likeness (QED) is 0.649. The van der Waals surface area contributed by atoms with Crippen LogP contribution < -0.4 is 11.1 Å². The van der Waals surface area contributed by atoms with E-state index in [2.05, 4.69) is 10.4 Å². The van der Waals surface area contributed by atoms with Gasteiger partial charge in [-0.1, -0.05) is 18.2 Å². The highest BCUT2D eigenvalue weighted by molar-refractivity contribution is 7.14. The van der Waals surface area contributed by atoms with Gasteiger partial charge in [-0.3, -0.25) is 4.68 Å². The predicted octanol–water partition coefficient (Wildman–Crippen LogP) is 4.46. The lowest BCUT2D eigenvalue weighted by Gasteiger charge is -2.19. The number of hydrogen-bond donors (Lipinski definition) is 2. The SMILES string of the molecule is Cc1cnn(C)c1-c1csc(N[C@H](CN)Cc2ccccc2C(F)(F)F)c1. The van der Waals surface area contributed by atoms with Gasteiger partial charge in [-0.15, -0.1) is 11.3 Å². The van der Waals surface area contributed by atoms with Gasteiger partial charge in [0.05, 0.1) is 22.5 Å². The molecule has 27 heavy (non-hydrogen) atoms. The molecule has 0 aliphatic rings. The summed E-state index contributed by atoms with van der Waals surface area (Å²) in [6.07, 6.45) is -2.37. The van der Waals surface area contributed by atoms with Crippen molar-refractivity contribution >= 4 is 16.3 Å². The highest BCUT2D eigenvalue weighted by atomic mass is 32.1. The summed E-state index contributed by atoms with van der Waals surface area (Å²) in [4.78, 5) is 0. The molecule has 0 amide bonds. The monoisotopic (exact) mass is 394 g/mol. The van der Waals surface area contributed by atoms with Crippen molar-refractivity contribution in [3.05, 3.63) is 58.6 Å². The van der Waals surface area contributed by atoms with Gasteiger partial charge in [0.15, 0.2) is 0 Å². The number of hydrogen-bond acceptors (Lipinski definition) is 4. The molecule has 8 heteroatoms. The molecule has 0 aliphatic heterocycles. The van der Waals surface area contributed by atoms with Crippen LogP contribution in [0.25, 0.3) is 11.3 Å². The first-order chi connectivity index (χ1) is 12.8. The molecule has 0 radical (unpaired) electrons. The molecule has 0 aliphatic carbocycles. The Hall–Kier alpha value is -2.32. The molecule has 3 N–H and O–H groups in total. The molecule has 0 saturated carbocycles. The van der Waals surface area contributed by atoms with Crippen LogP contribution in [0.3, 0.4) is 0 Å². The largest absolute Gasteiger partial charge is 0.416 e. The maximum Gasteiger partial charge on any atom is 0.416 e. The van der Waals surface area contributed by atoms with E-state index in [1.54, 1.807) is 16.9 Å². The number of nitrogens with one attached hydrogen (secondary N) is 1. The van der Waals surface area contributed by atoms with E-state index in [0.717, 1.165) is 27.9 Å². The van der Waals surface area contributed by atoms with E-state index in [9.17, 15) is 13.2 Å². The van der Waals surface area contributed by atoms with Crippen molar-refractivity contribution in [2.75, 3.05) is 11.9 Å². The van der Waals surface area contributed by atoms with E-state index in [4.69, 9.17) is 5.73 Å². The highest BCUT2D eigenvalue weighted by Crippen LogP contribution is 2.34. The lowest BCUT2D eigenvalue weighted by molar-refractivity contribution is -0.138. The number of nitrogens with zero attached hydrogens (tertiary/aromatic N) is 2. The Bertz CT molecular complexity index is 894. The topological polar surface area (TPSA) is 55.9 Å². The third kappa shape index (κ3) is 4.33. The molecule has 3 aromatic rings.